The predicted octanol–water partition coefficient (Wildman–Crippen LogP) is 3.81. The summed E-state index contributed by atoms with van der Waals surface area (Å²) in [4.78, 5) is 33.8. The molecule has 0 aliphatic carbocycles. The van der Waals surface area contributed by atoms with Crippen molar-refractivity contribution in [1.29, 1.82) is 0 Å². The van der Waals surface area contributed by atoms with E-state index in [1.807, 2.05) is 6.08 Å². The van der Waals surface area contributed by atoms with Crippen molar-refractivity contribution in [3.05, 3.63) is 68.6 Å². The topological polar surface area (TPSA) is 90.5 Å². The molecule has 31 heavy (non-hydrogen) atoms. The summed E-state index contributed by atoms with van der Waals surface area (Å²) in [7, 11) is 0. The van der Waals surface area contributed by atoms with Gasteiger partial charge in [0, 0.05) is 30.1 Å². The Morgan fingerprint density at radius 3 is 2.58 bits per heavy atom. The highest BCUT2D eigenvalue weighted by Gasteiger charge is 2.17. The number of aliphatic imine (C=N–C) groups is 1. The van der Waals surface area contributed by atoms with E-state index in [4.69, 9.17) is 11.6 Å². The van der Waals surface area contributed by atoms with Crippen molar-refractivity contribution in [3.8, 4) is 5.75 Å². The molecule has 1 aromatic heterocycles. The summed E-state index contributed by atoms with van der Waals surface area (Å²) in [6, 6.07) is 5.20. The molecule has 0 radical (unpaired) electrons. The number of halogens is 3. The molecule has 164 valence electrons. The minimum absolute atomic E-state index is 0.000399. The molecular weight excluding hydrogens is 432 g/mol. The smallest absolute Gasteiger partial charge is 0.387 e. The average Bonchev–Trinajstić information content (AvgIpc) is 2.89. The zero-order valence-electron chi connectivity index (χ0n) is 16.8. The van der Waals surface area contributed by atoms with Crippen LogP contribution in [0, 0.1) is 0 Å². The predicted molar refractivity (Wildman–Crippen MR) is 115 cm³/mol. The summed E-state index contributed by atoms with van der Waals surface area (Å²) >= 11 is 5.96. The molecule has 2 heterocycles. The van der Waals surface area contributed by atoms with Crippen LogP contribution >= 0.6 is 11.6 Å². The summed E-state index contributed by atoms with van der Waals surface area (Å²) in [6.07, 6.45) is 5.46. The molecule has 0 fully saturated rings. The quantitative estimate of drug-likeness (QED) is 0.691. The van der Waals surface area contributed by atoms with Gasteiger partial charge >= 0.3 is 18.0 Å². The molecule has 0 bridgehead atoms. The first-order valence-electron chi connectivity index (χ1n) is 9.37. The van der Waals surface area contributed by atoms with Crippen LogP contribution in [0.2, 0.25) is 0 Å². The second kappa shape index (κ2) is 9.69. The lowest BCUT2D eigenvalue weighted by atomic mass is 10.2. The molecule has 1 aliphatic heterocycles. The van der Waals surface area contributed by atoms with Crippen molar-refractivity contribution in [2.75, 3.05) is 5.32 Å². The van der Waals surface area contributed by atoms with Crippen molar-refractivity contribution in [2.24, 2.45) is 4.99 Å². The van der Waals surface area contributed by atoms with Crippen LogP contribution in [0.25, 0.3) is 0 Å². The van der Waals surface area contributed by atoms with E-state index in [1.165, 1.54) is 35.0 Å². The summed E-state index contributed by atoms with van der Waals surface area (Å²) in [6.45, 7) is 0.542. The van der Waals surface area contributed by atoms with Crippen molar-refractivity contribution in [2.45, 2.75) is 39.5 Å². The third-order valence-electron chi connectivity index (χ3n) is 4.29. The van der Waals surface area contributed by atoms with E-state index < -0.39 is 24.0 Å². The van der Waals surface area contributed by atoms with Gasteiger partial charge in [0.2, 0.25) is 5.95 Å². The lowest BCUT2D eigenvalue weighted by molar-refractivity contribution is -0.0498. The van der Waals surface area contributed by atoms with Gasteiger partial charge < -0.3 is 10.1 Å². The minimum Gasteiger partial charge on any atom is -0.435 e. The van der Waals surface area contributed by atoms with Gasteiger partial charge in [0.1, 0.15) is 5.75 Å². The molecule has 0 amide bonds. The van der Waals surface area contributed by atoms with Crippen LogP contribution in [0.3, 0.4) is 0 Å². The molecule has 0 saturated carbocycles. The molecule has 11 heteroatoms. The first-order valence-corrected chi connectivity index (χ1v) is 9.75. The maximum Gasteiger partial charge on any atom is 0.387 e. The number of hydrogen-bond acceptors (Lipinski definition) is 6. The highest BCUT2D eigenvalue weighted by atomic mass is 35.5. The van der Waals surface area contributed by atoms with E-state index in [-0.39, 0.29) is 18.2 Å². The van der Waals surface area contributed by atoms with E-state index in [0.717, 1.165) is 4.57 Å². The summed E-state index contributed by atoms with van der Waals surface area (Å²) in [5.74, 6) is -0.0233. The molecule has 0 spiro atoms. The zero-order chi connectivity index (χ0) is 22.5. The SMILES string of the molecule is CC(C)n1c(=O)nc(Nc2ccc(OC(F)F)cc2)n(CC2=NC=C(Cl)C=CC2)c1=O. The number of nitrogens with one attached hydrogen (secondary N) is 1. The van der Waals surface area contributed by atoms with Crippen molar-refractivity contribution in [3.63, 3.8) is 0 Å². The maximum absolute atomic E-state index is 13.1. The van der Waals surface area contributed by atoms with Gasteiger partial charge in [-0.15, -0.1) is 0 Å². The molecule has 0 unspecified atom stereocenters. The van der Waals surface area contributed by atoms with Gasteiger partial charge in [-0.2, -0.15) is 13.8 Å². The molecule has 3 rings (SSSR count). The normalized spacial score (nSPS) is 13.8. The average molecular weight is 452 g/mol. The number of ether oxygens (including phenoxy) is 1. The Hall–Kier alpha value is -3.27. The second-order valence-corrected chi connectivity index (χ2v) is 7.33. The Labute approximate surface area is 181 Å². The Morgan fingerprint density at radius 1 is 1.23 bits per heavy atom. The van der Waals surface area contributed by atoms with E-state index in [9.17, 15) is 18.4 Å². The monoisotopic (exact) mass is 451 g/mol. The van der Waals surface area contributed by atoms with Crippen LogP contribution in [0.1, 0.15) is 26.3 Å². The lowest BCUT2D eigenvalue weighted by Gasteiger charge is -2.17. The first-order chi connectivity index (χ1) is 14.7. The Kier molecular flexibility index (Phi) is 7.01. The van der Waals surface area contributed by atoms with Gasteiger partial charge in [0.15, 0.2) is 0 Å². The number of allylic oxidation sites excluding steroid dienone is 3. The van der Waals surface area contributed by atoms with Crippen molar-refractivity contribution < 1.29 is 13.5 Å². The number of alkyl halides is 2. The molecule has 0 saturated heterocycles. The fourth-order valence-electron chi connectivity index (χ4n) is 2.88. The molecule has 2 aromatic rings. The van der Waals surface area contributed by atoms with Crippen molar-refractivity contribution >= 4 is 28.9 Å². The maximum atomic E-state index is 13.1. The molecule has 0 atom stereocenters. The molecular formula is C20H20ClF2N5O3. The van der Waals surface area contributed by atoms with Crippen LogP contribution in [0.15, 0.2) is 62.2 Å². The lowest BCUT2D eigenvalue weighted by Crippen LogP contribution is -2.44. The fourth-order valence-corrected chi connectivity index (χ4v) is 3.02. The van der Waals surface area contributed by atoms with Gasteiger partial charge in [-0.3, -0.25) is 9.56 Å². The second-order valence-electron chi connectivity index (χ2n) is 6.89. The third kappa shape index (κ3) is 5.66. The number of anilines is 2. The zero-order valence-corrected chi connectivity index (χ0v) is 17.5. The highest BCUT2D eigenvalue weighted by molar-refractivity contribution is 6.31. The van der Waals surface area contributed by atoms with E-state index in [0.29, 0.717) is 22.9 Å². The molecule has 8 nitrogen and oxygen atoms in total. The number of nitrogens with zero attached hydrogens (tertiary/aromatic N) is 4. The summed E-state index contributed by atoms with van der Waals surface area (Å²) < 4.78 is 31.3. The van der Waals surface area contributed by atoms with Crippen LogP contribution in [0.5, 0.6) is 5.75 Å². The standard InChI is InChI=1S/C20H20ClF2N5O3/c1-12(2)28-19(29)26-18(25-14-6-8-16(9-7-14)31-17(22)23)27(20(28)30)11-15-5-3-4-13(21)10-24-15/h3-4,6-10,12,17H,5,11H2,1-2H3,(H,25,26,29). The largest absolute Gasteiger partial charge is 0.435 e. The molecule has 1 aromatic carbocycles. The number of hydrogen-bond donors (Lipinski definition) is 1. The van der Waals surface area contributed by atoms with Gasteiger partial charge in [-0.1, -0.05) is 17.7 Å². The molecule has 1 aliphatic rings. The van der Waals surface area contributed by atoms with Crippen LogP contribution in [0.4, 0.5) is 20.4 Å². The van der Waals surface area contributed by atoms with Crippen LogP contribution in [-0.2, 0) is 6.54 Å². The number of benzene rings is 1. The molecule has 1 N–H and O–H groups in total. The van der Waals surface area contributed by atoms with E-state index >= 15 is 0 Å². The Bertz CT molecular complexity index is 1150. The van der Waals surface area contributed by atoms with Gasteiger partial charge in [0.05, 0.1) is 11.6 Å². The first kappa shape index (κ1) is 22.4. The van der Waals surface area contributed by atoms with E-state index in [1.54, 1.807) is 19.9 Å². The number of rotatable bonds is 7. The fraction of sp³-hybridized carbons (Fsp3) is 0.300. The van der Waals surface area contributed by atoms with Gasteiger partial charge in [-0.25, -0.2) is 14.2 Å². The minimum atomic E-state index is -2.94. The summed E-state index contributed by atoms with van der Waals surface area (Å²) in [5, 5.41) is 3.35. The van der Waals surface area contributed by atoms with Gasteiger partial charge in [0.25, 0.3) is 0 Å². The van der Waals surface area contributed by atoms with Gasteiger partial charge in [-0.05, 0) is 44.2 Å². The Balaban J connectivity index is 2.00. The number of aromatic nitrogens is 3. The van der Waals surface area contributed by atoms with Crippen LogP contribution < -0.4 is 21.4 Å². The van der Waals surface area contributed by atoms with E-state index in [2.05, 4.69) is 20.0 Å². The highest BCUT2D eigenvalue weighted by Crippen LogP contribution is 2.20. The third-order valence-corrected chi connectivity index (χ3v) is 4.52. The summed E-state index contributed by atoms with van der Waals surface area (Å²) in [5.41, 5.74) is -0.203. The van der Waals surface area contributed by atoms with Crippen LogP contribution in [-0.4, -0.2) is 26.4 Å². The Morgan fingerprint density at radius 2 is 1.94 bits per heavy atom. The van der Waals surface area contributed by atoms with Crippen molar-refractivity contribution in [1.82, 2.24) is 14.1 Å².